The summed E-state index contributed by atoms with van der Waals surface area (Å²) in [5, 5.41) is 54.4. The van der Waals surface area contributed by atoms with Crippen LogP contribution in [-0.4, -0.2) is 167 Å². The molecule has 0 radical (unpaired) electrons. The molecule has 74 heavy (non-hydrogen) atoms. The number of carbonyl (C=O) groups excluding carboxylic acids is 6. The van der Waals surface area contributed by atoms with Gasteiger partial charge in [-0.2, -0.15) is 0 Å². The van der Waals surface area contributed by atoms with E-state index >= 15 is 0 Å². The number of hydrogen-bond donors (Lipinski definition) is 5. The molecule has 18 nitrogen and oxygen atoms in total. The number of piperidine rings is 1. The van der Waals surface area contributed by atoms with E-state index in [0.717, 1.165) is 10.5 Å². The van der Waals surface area contributed by atoms with Gasteiger partial charge in [-0.1, -0.05) is 64.2 Å². The number of ether oxygens (including phenoxy) is 6. The quantitative estimate of drug-likeness (QED) is 0.145. The minimum absolute atomic E-state index is 0.0121. The molecule has 4 aliphatic rings. The van der Waals surface area contributed by atoms with Crippen LogP contribution in [0.25, 0.3) is 0 Å². The summed E-state index contributed by atoms with van der Waals surface area (Å²) >= 11 is 0. The number of ketones is 3. The normalized spacial score (nSPS) is 35.8. The predicted octanol–water partition coefficient (Wildman–Crippen LogP) is 4.84. The van der Waals surface area contributed by atoms with Crippen LogP contribution in [-0.2, 0) is 57.2 Å². The van der Waals surface area contributed by atoms with Gasteiger partial charge in [0.15, 0.2) is 11.6 Å². The third-order valence-electron chi connectivity index (χ3n) is 15.9. The number of Topliss-reactive ketones (excluding diaryl/α,β-unsaturated/α-hetero) is 3. The lowest BCUT2D eigenvalue weighted by atomic mass is 9.78. The Morgan fingerprint density at radius 1 is 0.892 bits per heavy atom. The van der Waals surface area contributed by atoms with Crippen molar-refractivity contribution in [3.05, 3.63) is 47.6 Å². The van der Waals surface area contributed by atoms with E-state index in [1.165, 1.54) is 34.3 Å². The lowest BCUT2D eigenvalue weighted by molar-refractivity contribution is -0.265. The van der Waals surface area contributed by atoms with Crippen LogP contribution in [0.4, 0.5) is 0 Å². The summed E-state index contributed by atoms with van der Waals surface area (Å²) in [6, 6.07) is -1.22. The van der Waals surface area contributed by atoms with Crippen LogP contribution >= 0.6 is 0 Å². The van der Waals surface area contributed by atoms with Gasteiger partial charge in [0.05, 0.1) is 43.2 Å². The first-order chi connectivity index (χ1) is 34.8. The second kappa shape index (κ2) is 27.9. The summed E-state index contributed by atoms with van der Waals surface area (Å²) in [7, 11) is 4.33. The number of cyclic esters (lactones) is 1. The molecule has 3 fully saturated rings. The van der Waals surface area contributed by atoms with E-state index in [9.17, 15) is 54.3 Å². The van der Waals surface area contributed by atoms with Crippen molar-refractivity contribution in [2.45, 2.75) is 193 Å². The maximum Gasteiger partial charge on any atom is 0.329 e. The topological polar surface area (TPSA) is 262 Å². The van der Waals surface area contributed by atoms with Crippen molar-refractivity contribution in [1.29, 1.82) is 0 Å². The largest absolute Gasteiger partial charge is 0.460 e. The molecular weight excluding hydrogens is 959 g/mol. The van der Waals surface area contributed by atoms with E-state index in [4.69, 9.17) is 28.4 Å². The average Bonchev–Trinajstić information content (AvgIpc) is 3.37. The molecule has 3 heterocycles. The van der Waals surface area contributed by atoms with Gasteiger partial charge in [-0.15, -0.1) is 0 Å². The average molecular weight is 1050 g/mol. The zero-order valence-corrected chi connectivity index (χ0v) is 45.7. The van der Waals surface area contributed by atoms with E-state index in [2.05, 4.69) is 0 Å². The molecule has 1 aliphatic carbocycles. The van der Waals surface area contributed by atoms with Gasteiger partial charge in [-0.3, -0.25) is 24.0 Å². The summed E-state index contributed by atoms with van der Waals surface area (Å²) in [5.74, 6) is -10.0. The van der Waals surface area contributed by atoms with E-state index in [1.807, 2.05) is 19.9 Å². The van der Waals surface area contributed by atoms with E-state index in [0.29, 0.717) is 51.4 Å². The Bertz CT molecular complexity index is 2060. The molecule has 15 unspecified atom stereocenters. The fourth-order valence-corrected chi connectivity index (χ4v) is 10.8. The number of allylic oxidation sites excluding steroid dienone is 5. The molecule has 1 saturated carbocycles. The molecule has 0 aromatic rings. The Labute approximate surface area is 437 Å². The highest BCUT2D eigenvalue weighted by Crippen LogP contribution is 2.38. The smallest absolute Gasteiger partial charge is 0.329 e. The predicted molar refractivity (Wildman–Crippen MR) is 273 cm³/mol. The number of rotatable bonds is 10. The molecule has 18 heteroatoms. The molecule has 3 aliphatic heterocycles. The number of esters is 2. The van der Waals surface area contributed by atoms with Crippen LogP contribution in [0.5, 0.6) is 0 Å². The highest BCUT2D eigenvalue weighted by molar-refractivity contribution is 6.39. The first-order valence-corrected chi connectivity index (χ1v) is 26.5. The van der Waals surface area contributed by atoms with Crippen molar-refractivity contribution in [1.82, 2.24) is 4.90 Å². The van der Waals surface area contributed by atoms with Gasteiger partial charge in [0.2, 0.25) is 5.79 Å². The second-order valence-corrected chi connectivity index (χ2v) is 22.2. The van der Waals surface area contributed by atoms with Crippen molar-refractivity contribution in [2.75, 3.05) is 41.1 Å². The fraction of sp³-hybridized carbons (Fsp3) is 0.750. The van der Waals surface area contributed by atoms with E-state index in [-0.39, 0.29) is 43.7 Å². The Kier molecular flexibility index (Phi) is 23.6. The van der Waals surface area contributed by atoms with Gasteiger partial charge in [0.1, 0.15) is 29.8 Å². The third kappa shape index (κ3) is 16.0. The Morgan fingerprint density at radius 3 is 2.22 bits per heavy atom. The van der Waals surface area contributed by atoms with Crippen LogP contribution in [0.15, 0.2) is 47.6 Å². The van der Waals surface area contributed by atoms with Crippen molar-refractivity contribution in [3.8, 4) is 0 Å². The lowest BCUT2D eigenvalue weighted by Gasteiger charge is -2.42. The maximum absolute atomic E-state index is 14.5. The molecule has 2 bridgehead atoms. The summed E-state index contributed by atoms with van der Waals surface area (Å²) in [4.78, 5) is 85.4. The minimum Gasteiger partial charge on any atom is -0.460 e. The summed E-state index contributed by atoms with van der Waals surface area (Å²) < 4.78 is 35.3. The van der Waals surface area contributed by atoms with Crippen LogP contribution in [0.3, 0.4) is 0 Å². The number of amides is 1. The van der Waals surface area contributed by atoms with Crippen molar-refractivity contribution < 1.29 is 82.7 Å². The molecule has 418 valence electrons. The minimum atomic E-state index is -2.50. The molecular formula is C56H87NO17. The van der Waals surface area contributed by atoms with E-state index < -0.39 is 138 Å². The SMILES string of the molecule is COC1CC2CCC(C)C(O)(O2)C(=O)C(=O)N2CCCCC2C(=O)OC(C(C)CC2CCC(OC(=O)C(C)(CO)CO)C(OC)C2)CC(=O)C(C)=CC(C)C(O)C(OC)C(=O)C(C)CC(C)(O)C=CC=CC=C1C. The number of nitrogens with zero attached hydrogens (tertiary/aromatic N) is 1. The van der Waals surface area contributed by atoms with Crippen LogP contribution in [0.1, 0.15) is 132 Å². The number of aliphatic hydroxyl groups is 5. The van der Waals surface area contributed by atoms with Crippen molar-refractivity contribution in [2.24, 2.45) is 35.0 Å². The number of fused-ring (bicyclic) bond motifs is 3. The van der Waals surface area contributed by atoms with Gasteiger partial charge in [-0.05, 0) is 115 Å². The second-order valence-electron chi connectivity index (χ2n) is 22.2. The lowest BCUT2D eigenvalue weighted by Crippen LogP contribution is -2.61. The molecule has 1 amide bonds. The van der Waals surface area contributed by atoms with Gasteiger partial charge >= 0.3 is 11.9 Å². The molecule has 15 atom stereocenters. The third-order valence-corrected chi connectivity index (χ3v) is 15.9. The summed E-state index contributed by atoms with van der Waals surface area (Å²) in [6.45, 7) is 12.0. The van der Waals surface area contributed by atoms with E-state index in [1.54, 1.807) is 58.9 Å². The fourth-order valence-electron chi connectivity index (χ4n) is 10.8. The molecule has 2 saturated heterocycles. The summed E-state index contributed by atoms with van der Waals surface area (Å²) in [5.41, 5.74) is -1.90. The number of hydrogen-bond acceptors (Lipinski definition) is 17. The van der Waals surface area contributed by atoms with Gasteiger partial charge in [0.25, 0.3) is 11.7 Å². The number of carbonyl (C=O) groups is 6. The zero-order chi connectivity index (χ0) is 55.3. The maximum atomic E-state index is 14.5. The van der Waals surface area contributed by atoms with Gasteiger partial charge in [-0.25, -0.2) is 4.79 Å². The van der Waals surface area contributed by atoms with Crippen LogP contribution < -0.4 is 0 Å². The highest BCUT2D eigenvalue weighted by Gasteiger charge is 2.53. The number of methoxy groups -OCH3 is 3. The first-order valence-electron chi connectivity index (χ1n) is 26.5. The summed E-state index contributed by atoms with van der Waals surface area (Å²) in [6.07, 6.45) is 7.67. The van der Waals surface area contributed by atoms with Crippen LogP contribution in [0, 0.1) is 35.0 Å². The molecule has 0 aromatic heterocycles. The van der Waals surface area contributed by atoms with Crippen molar-refractivity contribution >= 4 is 35.2 Å². The molecule has 0 aromatic carbocycles. The standard InChI is InChI=1S/C56H87NO17/c1-33-17-13-12-15-23-55(8,67)30-37(5)48(62)49(71-11)47(61)36(4)25-34(2)42(60)29-45(35(3)26-39-20-22-43(46(27-39)70-10)73-53(66)54(7,31-58)32-59)72-52(65)41-18-14-16-24-57(41)51(64)50(63)56(68)38(6)19-21-40(74-56)28-44(33)69-9/h12-13,15,17,23,25,35-41,43-47,49,58-59,61,67-68H,14,16,18-22,24,26-32H2,1-11H3. The molecule has 0 spiro atoms. The van der Waals surface area contributed by atoms with Crippen LogP contribution in [0.2, 0.25) is 0 Å². The van der Waals surface area contributed by atoms with Gasteiger partial charge in [0, 0.05) is 58.5 Å². The Hall–Kier alpha value is -3.98. The van der Waals surface area contributed by atoms with Gasteiger partial charge < -0.3 is 58.9 Å². The zero-order valence-electron chi connectivity index (χ0n) is 45.7. The highest BCUT2D eigenvalue weighted by atomic mass is 16.6. The monoisotopic (exact) mass is 1050 g/mol. The number of aliphatic hydroxyl groups excluding tert-OH is 3. The Balaban J connectivity index is 1.71. The van der Waals surface area contributed by atoms with Crippen molar-refractivity contribution in [3.63, 3.8) is 0 Å². The first kappa shape index (κ1) is 62.6. The Morgan fingerprint density at radius 2 is 1.58 bits per heavy atom. The molecule has 4 rings (SSSR count). The molecule has 5 N–H and O–H groups in total.